The molecule has 0 saturated heterocycles. The molecule has 0 fully saturated rings. The standard InChI is InChI=1S/C28H5F17/c29-7-3-1-2-6-10(7)14(16-21(34)25(38)18(28(43,44)45)26(39)22(16)35)13-9(31)5-4-8(30)12(13)11(6)15-19(32)23(36)17(27(40,41)42)24(37)20(15)33/h1-5H. The van der Waals surface area contributed by atoms with Crippen LogP contribution in [0, 0.1) is 64.0 Å². The molecule has 0 spiro atoms. The largest absolute Gasteiger partial charge is 0.422 e. The molecule has 0 radical (unpaired) electrons. The van der Waals surface area contributed by atoms with Gasteiger partial charge in [0, 0.05) is 27.3 Å². The van der Waals surface area contributed by atoms with E-state index in [1.54, 1.807) is 0 Å². The number of halogens is 17. The van der Waals surface area contributed by atoms with Gasteiger partial charge in [0.1, 0.15) is 28.6 Å². The van der Waals surface area contributed by atoms with Crippen LogP contribution in [0.5, 0.6) is 0 Å². The Bertz CT molecular complexity index is 2030. The summed E-state index contributed by atoms with van der Waals surface area (Å²) in [7, 11) is 0. The summed E-state index contributed by atoms with van der Waals surface area (Å²) in [6.45, 7) is 0. The van der Waals surface area contributed by atoms with Crippen molar-refractivity contribution in [2.45, 2.75) is 12.4 Å². The second-order valence-electron chi connectivity index (χ2n) is 9.20. The zero-order chi connectivity index (χ0) is 33.7. The fraction of sp³-hybridized carbons (Fsp3) is 0.0714. The number of benzene rings is 5. The summed E-state index contributed by atoms with van der Waals surface area (Å²) in [6.07, 6.45) is -12.2. The van der Waals surface area contributed by atoms with Crippen LogP contribution in [-0.2, 0) is 12.4 Å². The van der Waals surface area contributed by atoms with E-state index >= 15 is 30.7 Å². The lowest BCUT2D eigenvalue weighted by Gasteiger charge is -2.22. The Morgan fingerprint density at radius 1 is 0.333 bits per heavy atom. The minimum Gasteiger partial charge on any atom is -0.206 e. The zero-order valence-corrected chi connectivity index (χ0v) is 20.8. The third-order valence-electron chi connectivity index (χ3n) is 6.73. The first-order valence-electron chi connectivity index (χ1n) is 11.6. The molecule has 0 nitrogen and oxygen atoms in total. The molecule has 0 amide bonds. The molecule has 0 aliphatic rings. The van der Waals surface area contributed by atoms with Gasteiger partial charge in [-0.25, -0.2) is 48.3 Å². The van der Waals surface area contributed by atoms with Crippen molar-refractivity contribution in [2.75, 3.05) is 0 Å². The van der Waals surface area contributed by atoms with Gasteiger partial charge in [0.25, 0.3) is 0 Å². The Balaban J connectivity index is 2.14. The second kappa shape index (κ2) is 10.2. The molecule has 0 heterocycles. The van der Waals surface area contributed by atoms with Crippen LogP contribution in [0.1, 0.15) is 11.1 Å². The van der Waals surface area contributed by atoms with Crippen LogP contribution in [-0.4, -0.2) is 0 Å². The highest BCUT2D eigenvalue weighted by Gasteiger charge is 2.45. The maximum Gasteiger partial charge on any atom is 0.422 e. The first-order chi connectivity index (χ1) is 20.7. The fourth-order valence-corrected chi connectivity index (χ4v) is 5.00. The second-order valence-corrected chi connectivity index (χ2v) is 9.20. The van der Waals surface area contributed by atoms with Crippen molar-refractivity contribution in [3.63, 3.8) is 0 Å². The minimum atomic E-state index is -6.09. The van der Waals surface area contributed by atoms with Crippen molar-refractivity contribution in [1.29, 1.82) is 0 Å². The highest BCUT2D eigenvalue weighted by Crippen LogP contribution is 2.51. The Labute approximate surface area is 236 Å². The van der Waals surface area contributed by atoms with Crippen LogP contribution in [0.25, 0.3) is 43.8 Å². The summed E-state index contributed by atoms with van der Waals surface area (Å²) in [6, 6.07) is 1.58. The van der Waals surface area contributed by atoms with Gasteiger partial charge in [-0.15, -0.1) is 0 Å². The van der Waals surface area contributed by atoms with E-state index in [9.17, 15) is 43.9 Å². The van der Waals surface area contributed by atoms with Gasteiger partial charge in [0.2, 0.25) is 0 Å². The van der Waals surface area contributed by atoms with Crippen molar-refractivity contribution in [3.8, 4) is 22.3 Å². The van der Waals surface area contributed by atoms with Crippen LogP contribution in [0.15, 0.2) is 30.3 Å². The molecule has 0 N–H and O–H groups in total. The van der Waals surface area contributed by atoms with Crippen molar-refractivity contribution < 1.29 is 74.6 Å². The number of fused-ring (bicyclic) bond motifs is 2. The van der Waals surface area contributed by atoms with Crippen molar-refractivity contribution in [3.05, 3.63) is 105 Å². The Morgan fingerprint density at radius 2 is 0.667 bits per heavy atom. The molecule has 45 heavy (non-hydrogen) atoms. The number of hydrogen-bond donors (Lipinski definition) is 0. The summed E-state index contributed by atoms with van der Waals surface area (Å²) in [5.74, 6) is -29.9. The Kier molecular flexibility index (Phi) is 7.24. The molecule has 5 aromatic rings. The van der Waals surface area contributed by atoms with Gasteiger partial charge < -0.3 is 0 Å². The predicted molar refractivity (Wildman–Crippen MR) is 122 cm³/mol. The van der Waals surface area contributed by atoms with Crippen molar-refractivity contribution >= 4 is 21.5 Å². The highest BCUT2D eigenvalue weighted by atomic mass is 19.4. The topological polar surface area (TPSA) is 0 Å². The van der Waals surface area contributed by atoms with Crippen LogP contribution in [0.4, 0.5) is 74.6 Å². The van der Waals surface area contributed by atoms with E-state index in [1.807, 2.05) is 0 Å². The molecule has 5 rings (SSSR count). The molecule has 5 aromatic carbocycles. The van der Waals surface area contributed by atoms with Crippen LogP contribution < -0.4 is 0 Å². The third kappa shape index (κ3) is 4.53. The smallest absolute Gasteiger partial charge is 0.206 e. The summed E-state index contributed by atoms with van der Waals surface area (Å²) in [5.41, 5.74) is -14.2. The molecule has 0 saturated carbocycles. The molecule has 236 valence electrons. The first-order valence-corrected chi connectivity index (χ1v) is 11.6. The maximum absolute atomic E-state index is 15.4. The van der Waals surface area contributed by atoms with Gasteiger partial charge in [-0.05, 0) is 23.6 Å². The molecule has 0 bridgehead atoms. The van der Waals surface area contributed by atoms with E-state index in [0.29, 0.717) is 18.2 Å². The van der Waals surface area contributed by atoms with Gasteiger partial charge in [-0.3, -0.25) is 0 Å². The lowest BCUT2D eigenvalue weighted by atomic mass is 9.84. The molecular weight excluding hydrogens is 659 g/mol. The zero-order valence-electron chi connectivity index (χ0n) is 20.8. The minimum absolute atomic E-state index is 0.0882. The fourth-order valence-electron chi connectivity index (χ4n) is 5.00. The van der Waals surface area contributed by atoms with E-state index in [-0.39, 0.29) is 12.1 Å². The van der Waals surface area contributed by atoms with Gasteiger partial charge in [-0.2, -0.15) is 26.3 Å². The number of hydrogen-bond acceptors (Lipinski definition) is 0. The molecule has 0 aliphatic carbocycles. The summed E-state index contributed by atoms with van der Waals surface area (Å²) < 4.78 is 245. The van der Waals surface area contributed by atoms with E-state index in [0.717, 1.165) is 0 Å². The van der Waals surface area contributed by atoms with E-state index < -0.39 is 131 Å². The lowest BCUT2D eigenvalue weighted by molar-refractivity contribution is -0.144. The third-order valence-corrected chi connectivity index (χ3v) is 6.73. The van der Waals surface area contributed by atoms with Gasteiger partial charge in [0.05, 0.1) is 11.1 Å². The van der Waals surface area contributed by atoms with Crippen molar-refractivity contribution in [1.82, 2.24) is 0 Å². The van der Waals surface area contributed by atoms with Gasteiger partial charge in [0.15, 0.2) is 46.5 Å². The van der Waals surface area contributed by atoms with Crippen molar-refractivity contribution in [2.24, 2.45) is 0 Å². The normalized spacial score (nSPS) is 12.6. The number of alkyl halides is 6. The van der Waals surface area contributed by atoms with E-state index in [2.05, 4.69) is 0 Å². The van der Waals surface area contributed by atoms with Crippen LogP contribution in [0.2, 0.25) is 0 Å². The predicted octanol–water partition coefficient (Wildman–Crippen LogP) is 10.9. The van der Waals surface area contributed by atoms with E-state index in [4.69, 9.17) is 0 Å². The Morgan fingerprint density at radius 3 is 1.04 bits per heavy atom. The molecule has 0 aliphatic heterocycles. The molecular formula is C28H5F17. The summed E-state index contributed by atoms with van der Waals surface area (Å²) in [4.78, 5) is 0. The average molecular weight is 664 g/mol. The monoisotopic (exact) mass is 664 g/mol. The quantitative estimate of drug-likeness (QED) is 0.100. The lowest BCUT2D eigenvalue weighted by Crippen LogP contribution is -2.17. The van der Waals surface area contributed by atoms with Crippen LogP contribution in [0.3, 0.4) is 0 Å². The van der Waals surface area contributed by atoms with E-state index in [1.165, 1.54) is 0 Å². The number of rotatable bonds is 2. The summed E-state index contributed by atoms with van der Waals surface area (Å²) in [5, 5.41) is -6.34. The average Bonchev–Trinajstić information content (AvgIpc) is 2.92. The molecule has 0 atom stereocenters. The van der Waals surface area contributed by atoms with Crippen LogP contribution >= 0.6 is 0 Å². The Hall–Kier alpha value is -4.57. The molecule has 17 heteroatoms. The SMILES string of the molecule is Fc1c(F)c(C(F)(F)F)c(F)c(F)c1-c1c2cccc(F)c2c(-c2c(F)c(F)c(C(F)(F)F)c(F)c2F)c2c(F)ccc(F)c12. The molecule has 0 aromatic heterocycles. The molecule has 0 unspecified atom stereocenters. The van der Waals surface area contributed by atoms with Gasteiger partial charge >= 0.3 is 12.4 Å². The summed E-state index contributed by atoms with van der Waals surface area (Å²) >= 11 is 0. The highest BCUT2D eigenvalue weighted by molar-refractivity contribution is 6.22. The maximum atomic E-state index is 15.4. The van der Waals surface area contributed by atoms with Gasteiger partial charge in [-0.1, -0.05) is 12.1 Å². The first kappa shape index (κ1) is 31.8.